The van der Waals surface area contributed by atoms with Gasteiger partial charge in [-0.2, -0.15) is 0 Å². The van der Waals surface area contributed by atoms with Crippen molar-refractivity contribution < 1.29 is 33.3 Å². The minimum absolute atomic E-state index is 0.115. The SMILES string of the molecule is CCCN1CC(=O)N[C@H]2CCN(C(=O)c3ccc4c(c3)nc(N3CCOCC3)n4C)C[C@@H]2OCc2cccc(c2)Oc2cc(ccc2OC)C1=O. The van der Waals surface area contributed by atoms with Gasteiger partial charge in [0, 0.05) is 50.9 Å². The summed E-state index contributed by atoms with van der Waals surface area (Å²) < 4.78 is 25.8. The normalized spacial score (nSPS) is 20.1. The number of morpholine rings is 1. The Labute approximate surface area is 297 Å². The maximum atomic E-state index is 14.0. The lowest BCUT2D eigenvalue weighted by atomic mass is 10.00. The Morgan fingerprint density at radius 2 is 1.88 bits per heavy atom. The fraction of sp³-hybridized carbons (Fsp3) is 0.421. The monoisotopic (exact) mass is 696 g/mol. The molecule has 0 radical (unpaired) electrons. The largest absolute Gasteiger partial charge is 0.493 e. The van der Waals surface area contributed by atoms with E-state index in [1.165, 1.54) is 0 Å². The molecular formula is C38H44N6O7. The highest BCUT2D eigenvalue weighted by Gasteiger charge is 2.35. The Balaban J connectivity index is 1.14. The van der Waals surface area contributed by atoms with Crippen molar-refractivity contribution in [3.8, 4) is 17.2 Å². The molecule has 1 N–H and O–H groups in total. The summed E-state index contributed by atoms with van der Waals surface area (Å²) in [7, 11) is 3.53. The highest BCUT2D eigenvalue weighted by molar-refractivity contribution is 5.98. The molecular weight excluding hydrogens is 652 g/mol. The number of carbonyl (C=O) groups excluding carboxylic acids is 3. The summed E-state index contributed by atoms with van der Waals surface area (Å²) in [6, 6.07) is 17.8. The van der Waals surface area contributed by atoms with E-state index in [-0.39, 0.29) is 43.5 Å². The summed E-state index contributed by atoms with van der Waals surface area (Å²) >= 11 is 0. The van der Waals surface area contributed by atoms with Crippen molar-refractivity contribution in [3.63, 3.8) is 0 Å². The first-order chi connectivity index (χ1) is 24.8. The molecule has 0 aliphatic carbocycles. The molecule has 0 spiro atoms. The van der Waals surface area contributed by atoms with Crippen LogP contribution in [0.1, 0.15) is 46.0 Å². The molecule has 1 aromatic heterocycles. The number of carbonyl (C=O) groups is 3. The Kier molecular flexibility index (Phi) is 10.1. The first-order valence-corrected chi connectivity index (χ1v) is 17.5. The zero-order valence-corrected chi connectivity index (χ0v) is 29.3. The number of imidazole rings is 1. The fourth-order valence-electron chi connectivity index (χ4n) is 7.03. The van der Waals surface area contributed by atoms with E-state index in [0.29, 0.717) is 67.5 Å². The second kappa shape index (κ2) is 15.0. The molecule has 0 unspecified atom stereocenters. The third-order valence-corrected chi connectivity index (χ3v) is 9.71. The van der Waals surface area contributed by atoms with Crippen LogP contribution < -0.4 is 19.7 Å². The van der Waals surface area contributed by atoms with Gasteiger partial charge in [-0.3, -0.25) is 14.4 Å². The van der Waals surface area contributed by atoms with Crippen molar-refractivity contribution in [2.45, 2.75) is 38.5 Å². The van der Waals surface area contributed by atoms with Crippen LogP contribution in [-0.4, -0.2) is 109 Å². The molecule has 4 heterocycles. The zero-order valence-electron chi connectivity index (χ0n) is 29.3. The van der Waals surface area contributed by atoms with Gasteiger partial charge in [-0.15, -0.1) is 0 Å². The molecule has 3 aliphatic rings. The molecule has 268 valence electrons. The van der Waals surface area contributed by atoms with Crippen LogP contribution in [0.4, 0.5) is 5.95 Å². The summed E-state index contributed by atoms with van der Waals surface area (Å²) in [5, 5.41) is 3.14. The van der Waals surface area contributed by atoms with Gasteiger partial charge in [-0.1, -0.05) is 19.1 Å². The van der Waals surface area contributed by atoms with Crippen LogP contribution in [-0.2, 0) is 27.9 Å². The number of hydrogen-bond acceptors (Lipinski definition) is 9. The number of methoxy groups -OCH3 is 1. The van der Waals surface area contributed by atoms with Crippen molar-refractivity contribution in [1.82, 2.24) is 24.7 Å². The average molecular weight is 697 g/mol. The smallest absolute Gasteiger partial charge is 0.254 e. The molecule has 51 heavy (non-hydrogen) atoms. The van der Waals surface area contributed by atoms with E-state index in [4.69, 9.17) is 23.9 Å². The summed E-state index contributed by atoms with van der Waals surface area (Å²) in [4.78, 5) is 51.6. The van der Waals surface area contributed by atoms with Gasteiger partial charge >= 0.3 is 0 Å². The first kappa shape index (κ1) is 34.3. The van der Waals surface area contributed by atoms with Crippen molar-refractivity contribution in [1.29, 1.82) is 0 Å². The number of rotatable bonds is 5. The molecule has 3 aliphatic heterocycles. The number of ether oxygens (including phenoxy) is 4. The van der Waals surface area contributed by atoms with Crippen LogP contribution in [0, 0.1) is 0 Å². The van der Waals surface area contributed by atoms with Crippen LogP contribution >= 0.6 is 0 Å². The fourth-order valence-corrected chi connectivity index (χ4v) is 7.03. The number of aryl methyl sites for hydroxylation is 1. The van der Waals surface area contributed by atoms with E-state index in [1.54, 1.807) is 35.1 Å². The summed E-state index contributed by atoms with van der Waals surface area (Å²) in [5.41, 5.74) is 3.49. The molecule has 13 heteroatoms. The third-order valence-electron chi connectivity index (χ3n) is 9.71. The second-order valence-electron chi connectivity index (χ2n) is 13.2. The number of amides is 3. The predicted molar refractivity (Wildman–Crippen MR) is 190 cm³/mol. The minimum atomic E-state index is -0.501. The molecule has 2 atom stereocenters. The number of piperidine rings is 1. The Morgan fingerprint density at radius 3 is 2.69 bits per heavy atom. The third kappa shape index (κ3) is 7.35. The van der Waals surface area contributed by atoms with Gasteiger partial charge in [-0.25, -0.2) is 4.98 Å². The Morgan fingerprint density at radius 1 is 1.04 bits per heavy atom. The van der Waals surface area contributed by atoms with E-state index < -0.39 is 6.10 Å². The van der Waals surface area contributed by atoms with Gasteiger partial charge in [0.1, 0.15) is 5.75 Å². The van der Waals surface area contributed by atoms with Gasteiger partial charge in [0.25, 0.3) is 11.8 Å². The lowest BCUT2D eigenvalue weighted by Crippen LogP contribution is -2.57. The van der Waals surface area contributed by atoms with E-state index in [0.717, 1.165) is 35.6 Å². The number of nitrogens with one attached hydrogen (secondary N) is 1. The molecule has 13 nitrogen and oxygen atoms in total. The maximum absolute atomic E-state index is 14.0. The number of benzene rings is 3. The Bertz CT molecular complexity index is 1920. The van der Waals surface area contributed by atoms with Crippen molar-refractivity contribution in [2.75, 3.05) is 64.5 Å². The van der Waals surface area contributed by atoms with Crippen molar-refractivity contribution in [2.24, 2.45) is 7.05 Å². The van der Waals surface area contributed by atoms with Gasteiger partial charge in [0.2, 0.25) is 11.9 Å². The van der Waals surface area contributed by atoms with Crippen LogP contribution in [0.2, 0.25) is 0 Å². The summed E-state index contributed by atoms with van der Waals surface area (Å²) in [5.74, 6) is 1.58. The molecule has 4 aromatic rings. The second-order valence-corrected chi connectivity index (χ2v) is 13.2. The number of fused-ring (bicyclic) bond motifs is 6. The number of hydrogen-bond donors (Lipinski definition) is 1. The Hall–Kier alpha value is -5.14. The van der Waals surface area contributed by atoms with Gasteiger partial charge in [0.15, 0.2) is 11.5 Å². The number of nitrogens with zero attached hydrogens (tertiary/aromatic N) is 5. The van der Waals surface area contributed by atoms with Crippen molar-refractivity contribution in [3.05, 3.63) is 77.4 Å². The van der Waals surface area contributed by atoms with Gasteiger partial charge in [-0.05, 0) is 66.9 Å². The zero-order chi connectivity index (χ0) is 35.5. The van der Waals surface area contributed by atoms with Crippen LogP contribution in [0.25, 0.3) is 11.0 Å². The van der Waals surface area contributed by atoms with E-state index in [1.807, 2.05) is 56.4 Å². The van der Waals surface area contributed by atoms with E-state index in [2.05, 4.69) is 14.8 Å². The standard InChI is InChI=1S/C38H44N6O7/c1-4-13-43-23-35(45)39-29-12-14-44(36(46)26-8-10-31-30(20-26)40-38(41(31)2)42-15-17-49-18-16-42)22-34(29)50-24-25-6-5-7-28(19-25)51-33-21-27(37(43)47)9-11-32(33)48-3/h5-11,19-21,29,34H,4,12-18,22-24H2,1-3H3,(H,39,45)/t29-,34-/m0/s1. The number of anilines is 1. The lowest BCUT2D eigenvalue weighted by Gasteiger charge is -2.39. The predicted octanol–water partition coefficient (Wildman–Crippen LogP) is 3.99. The summed E-state index contributed by atoms with van der Waals surface area (Å²) in [6.45, 7) is 6.04. The van der Waals surface area contributed by atoms with Gasteiger partial charge in [0.05, 0.1) is 56.7 Å². The first-order valence-electron chi connectivity index (χ1n) is 17.5. The minimum Gasteiger partial charge on any atom is -0.493 e. The van der Waals surface area contributed by atoms with Gasteiger partial charge < -0.3 is 43.5 Å². The average Bonchev–Trinajstić information content (AvgIpc) is 3.49. The molecule has 4 bridgehead atoms. The number of likely N-dealkylation sites (tertiary alicyclic amines) is 1. The molecule has 2 saturated heterocycles. The summed E-state index contributed by atoms with van der Waals surface area (Å²) in [6.07, 6.45) is 0.664. The molecule has 2 fully saturated rings. The lowest BCUT2D eigenvalue weighted by molar-refractivity contribution is -0.124. The van der Waals surface area contributed by atoms with Crippen LogP contribution in [0.3, 0.4) is 0 Å². The molecule has 3 aromatic carbocycles. The maximum Gasteiger partial charge on any atom is 0.254 e. The van der Waals surface area contributed by atoms with E-state index in [9.17, 15) is 14.4 Å². The molecule has 0 saturated carbocycles. The highest BCUT2D eigenvalue weighted by Crippen LogP contribution is 2.34. The van der Waals surface area contributed by atoms with E-state index >= 15 is 0 Å². The van der Waals surface area contributed by atoms with Crippen LogP contribution in [0.5, 0.6) is 17.2 Å². The molecule has 7 rings (SSSR count). The quantitative estimate of drug-likeness (QED) is 0.330. The number of aromatic nitrogens is 2. The molecule has 3 amide bonds. The topological polar surface area (TPSA) is 128 Å². The highest BCUT2D eigenvalue weighted by atomic mass is 16.5. The van der Waals surface area contributed by atoms with Crippen molar-refractivity contribution >= 4 is 34.7 Å². The van der Waals surface area contributed by atoms with Crippen LogP contribution in [0.15, 0.2) is 60.7 Å².